The zero-order valence-corrected chi connectivity index (χ0v) is 12.5. The normalized spacial score (nSPS) is 10.6. The molecule has 20 heavy (non-hydrogen) atoms. The van der Waals surface area contributed by atoms with Gasteiger partial charge in [0.1, 0.15) is 5.75 Å². The molecule has 2 N–H and O–H groups in total. The second kappa shape index (κ2) is 5.92. The molecule has 0 bridgehead atoms. The van der Waals surface area contributed by atoms with Crippen molar-refractivity contribution in [3.63, 3.8) is 0 Å². The average molecular weight is 291 g/mol. The number of anilines is 2. The zero-order valence-electron chi connectivity index (χ0n) is 11.7. The number of ether oxygens (including phenoxy) is 1. The maximum absolute atomic E-state index is 11.8. The second-order valence-corrected chi connectivity index (χ2v) is 5.62. The van der Waals surface area contributed by atoms with Gasteiger partial charge in [-0.2, -0.15) is 0 Å². The van der Waals surface area contributed by atoms with Crippen molar-refractivity contribution < 1.29 is 9.53 Å². The van der Waals surface area contributed by atoms with E-state index in [1.54, 1.807) is 31.5 Å². The van der Waals surface area contributed by atoms with Crippen LogP contribution in [-0.4, -0.2) is 18.1 Å². The number of thiazole rings is 1. The number of nitrogens with two attached hydrogens (primary N) is 1. The first-order chi connectivity index (χ1) is 9.52. The van der Waals surface area contributed by atoms with E-state index in [9.17, 15) is 4.79 Å². The molecule has 0 aliphatic heterocycles. The Morgan fingerprint density at radius 1 is 1.45 bits per heavy atom. The molecule has 1 heterocycles. The molecule has 6 heteroatoms. The summed E-state index contributed by atoms with van der Waals surface area (Å²) in [6, 6.07) is 6.60. The molecule has 0 fully saturated rings. The SMILES string of the molecule is COc1cccc(N(C(N)=O)c2ncc(C(C)C)s2)c1. The molecule has 2 rings (SSSR count). The van der Waals surface area contributed by atoms with Gasteiger partial charge in [0.15, 0.2) is 5.13 Å². The summed E-state index contributed by atoms with van der Waals surface area (Å²) in [6.45, 7) is 4.16. The smallest absolute Gasteiger partial charge is 0.325 e. The van der Waals surface area contributed by atoms with Crippen LogP contribution in [0.3, 0.4) is 0 Å². The molecule has 2 amide bonds. The number of methoxy groups -OCH3 is 1. The number of carbonyl (C=O) groups excluding carboxylic acids is 1. The number of benzene rings is 1. The van der Waals surface area contributed by atoms with Gasteiger partial charge >= 0.3 is 6.03 Å². The minimum Gasteiger partial charge on any atom is -0.497 e. The van der Waals surface area contributed by atoms with E-state index in [0.29, 0.717) is 22.5 Å². The number of nitrogens with zero attached hydrogens (tertiary/aromatic N) is 2. The Bertz CT molecular complexity index is 610. The molecule has 5 nitrogen and oxygen atoms in total. The van der Waals surface area contributed by atoms with Crippen molar-refractivity contribution in [2.45, 2.75) is 19.8 Å². The van der Waals surface area contributed by atoms with E-state index in [2.05, 4.69) is 18.8 Å². The van der Waals surface area contributed by atoms with Crippen molar-refractivity contribution in [2.24, 2.45) is 5.73 Å². The molecule has 106 valence electrons. The second-order valence-electron chi connectivity index (χ2n) is 4.58. The van der Waals surface area contributed by atoms with Gasteiger partial charge in [-0.1, -0.05) is 19.9 Å². The summed E-state index contributed by atoms with van der Waals surface area (Å²) in [5.41, 5.74) is 6.13. The highest BCUT2D eigenvalue weighted by Gasteiger charge is 2.19. The third-order valence-corrected chi connectivity index (χ3v) is 4.09. The van der Waals surface area contributed by atoms with Gasteiger partial charge < -0.3 is 10.5 Å². The van der Waals surface area contributed by atoms with Crippen LogP contribution in [-0.2, 0) is 0 Å². The first kappa shape index (κ1) is 14.3. The number of rotatable bonds is 4. The minimum absolute atomic E-state index is 0.362. The number of primary amides is 1. The highest BCUT2D eigenvalue weighted by Crippen LogP contribution is 2.33. The van der Waals surface area contributed by atoms with Gasteiger partial charge in [-0.25, -0.2) is 14.7 Å². The fourth-order valence-corrected chi connectivity index (χ4v) is 2.67. The number of hydrogen-bond donors (Lipinski definition) is 1. The van der Waals surface area contributed by atoms with E-state index >= 15 is 0 Å². The quantitative estimate of drug-likeness (QED) is 0.937. The van der Waals surface area contributed by atoms with Crippen molar-refractivity contribution in [1.82, 2.24) is 4.98 Å². The molecule has 0 radical (unpaired) electrons. The first-order valence-corrected chi connectivity index (χ1v) is 7.04. The predicted octanol–water partition coefficient (Wildman–Crippen LogP) is 3.49. The largest absolute Gasteiger partial charge is 0.497 e. The van der Waals surface area contributed by atoms with Gasteiger partial charge in [0.2, 0.25) is 0 Å². The van der Waals surface area contributed by atoms with Gasteiger partial charge in [0, 0.05) is 17.1 Å². The molecule has 0 aliphatic carbocycles. The van der Waals surface area contributed by atoms with Crippen LogP contribution in [0.2, 0.25) is 0 Å². The van der Waals surface area contributed by atoms with Crippen LogP contribution in [0.25, 0.3) is 0 Å². The van der Waals surface area contributed by atoms with E-state index in [4.69, 9.17) is 10.5 Å². The lowest BCUT2D eigenvalue weighted by Gasteiger charge is -2.17. The Morgan fingerprint density at radius 3 is 2.75 bits per heavy atom. The standard InChI is InChI=1S/C14H17N3O2S/c1-9(2)12-8-16-14(20-12)17(13(15)18)10-5-4-6-11(7-10)19-3/h4-9H,1-3H3,(H2,15,18). The van der Waals surface area contributed by atoms with Gasteiger partial charge in [0.05, 0.1) is 12.8 Å². The Kier molecular flexibility index (Phi) is 4.24. The molecule has 0 aliphatic rings. The third kappa shape index (κ3) is 2.91. The lowest BCUT2D eigenvalue weighted by Crippen LogP contribution is -2.31. The molecule has 1 aromatic heterocycles. The maximum Gasteiger partial charge on any atom is 0.325 e. The zero-order chi connectivity index (χ0) is 14.7. The van der Waals surface area contributed by atoms with Crippen LogP contribution in [0.15, 0.2) is 30.5 Å². The summed E-state index contributed by atoms with van der Waals surface area (Å²) in [6.07, 6.45) is 1.78. The molecule has 1 aromatic carbocycles. The third-order valence-electron chi connectivity index (χ3n) is 2.80. The number of carbonyl (C=O) groups is 1. The van der Waals surface area contributed by atoms with Crippen LogP contribution in [0, 0.1) is 0 Å². The van der Waals surface area contributed by atoms with E-state index < -0.39 is 6.03 Å². The fourth-order valence-electron chi connectivity index (χ4n) is 1.73. The molecule has 0 saturated carbocycles. The Labute approximate surface area is 122 Å². The maximum atomic E-state index is 11.8. The predicted molar refractivity (Wildman–Crippen MR) is 80.9 cm³/mol. The van der Waals surface area contributed by atoms with E-state index in [0.717, 1.165) is 4.88 Å². The lowest BCUT2D eigenvalue weighted by atomic mass is 10.2. The summed E-state index contributed by atoms with van der Waals surface area (Å²) in [7, 11) is 1.58. The fraction of sp³-hybridized carbons (Fsp3) is 0.286. The number of aromatic nitrogens is 1. The van der Waals surface area contributed by atoms with Crippen molar-refractivity contribution in [2.75, 3.05) is 12.0 Å². The first-order valence-electron chi connectivity index (χ1n) is 6.22. The van der Waals surface area contributed by atoms with Crippen LogP contribution in [0.4, 0.5) is 15.6 Å². The molecule has 0 unspecified atom stereocenters. The van der Waals surface area contributed by atoms with Crippen LogP contribution < -0.4 is 15.4 Å². The monoisotopic (exact) mass is 291 g/mol. The molecule has 0 atom stereocenters. The number of hydrogen-bond acceptors (Lipinski definition) is 4. The van der Waals surface area contributed by atoms with Gasteiger partial charge in [-0.3, -0.25) is 0 Å². The van der Waals surface area contributed by atoms with E-state index in [-0.39, 0.29) is 0 Å². The van der Waals surface area contributed by atoms with Crippen LogP contribution in [0.1, 0.15) is 24.6 Å². The molecule has 2 aromatic rings. The molecular weight excluding hydrogens is 274 g/mol. The summed E-state index contributed by atoms with van der Waals surface area (Å²) in [5, 5.41) is 0.564. The Morgan fingerprint density at radius 2 is 2.20 bits per heavy atom. The average Bonchev–Trinajstić information content (AvgIpc) is 2.88. The van der Waals surface area contributed by atoms with Crippen molar-refractivity contribution in [3.8, 4) is 5.75 Å². The summed E-state index contributed by atoms with van der Waals surface area (Å²) >= 11 is 1.46. The molecule has 0 spiro atoms. The molecular formula is C14H17N3O2S. The van der Waals surface area contributed by atoms with Crippen LogP contribution in [0.5, 0.6) is 5.75 Å². The Balaban J connectivity index is 2.42. The summed E-state index contributed by atoms with van der Waals surface area (Å²) in [4.78, 5) is 18.5. The van der Waals surface area contributed by atoms with Gasteiger partial charge in [0.25, 0.3) is 0 Å². The van der Waals surface area contributed by atoms with E-state index in [1.165, 1.54) is 16.2 Å². The van der Waals surface area contributed by atoms with Crippen molar-refractivity contribution in [3.05, 3.63) is 35.3 Å². The Hall–Kier alpha value is -2.08. The lowest BCUT2D eigenvalue weighted by molar-refractivity contribution is 0.256. The van der Waals surface area contributed by atoms with Crippen molar-refractivity contribution in [1.29, 1.82) is 0 Å². The number of urea groups is 1. The topological polar surface area (TPSA) is 68.5 Å². The number of amides is 2. The highest BCUT2D eigenvalue weighted by molar-refractivity contribution is 7.15. The summed E-state index contributed by atoms with van der Waals surface area (Å²) < 4.78 is 5.17. The van der Waals surface area contributed by atoms with Gasteiger partial charge in [-0.15, -0.1) is 11.3 Å². The van der Waals surface area contributed by atoms with Crippen molar-refractivity contribution >= 4 is 28.2 Å². The van der Waals surface area contributed by atoms with Gasteiger partial charge in [-0.05, 0) is 18.1 Å². The van der Waals surface area contributed by atoms with Crippen LogP contribution >= 0.6 is 11.3 Å². The minimum atomic E-state index is -0.567. The van der Waals surface area contributed by atoms with E-state index in [1.807, 2.05) is 6.07 Å². The summed E-state index contributed by atoms with van der Waals surface area (Å²) in [5.74, 6) is 1.02. The highest BCUT2D eigenvalue weighted by atomic mass is 32.1. The molecule has 0 saturated heterocycles.